The highest BCUT2D eigenvalue weighted by Gasteiger charge is 2.21. The second kappa shape index (κ2) is 7.02. The number of amides is 1. The molecule has 0 aromatic heterocycles. The van der Waals surface area contributed by atoms with Gasteiger partial charge in [0, 0.05) is 13.2 Å². The highest BCUT2D eigenvalue weighted by molar-refractivity contribution is 7.89. The number of nitrogens with two attached hydrogens (primary N) is 1. The van der Waals surface area contributed by atoms with Gasteiger partial charge in [-0.25, -0.2) is 13.6 Å². The molecule has 1 fully saturated rings. The minimum Gasteiger partial charge on any atom is -0.368 e. The molecule has 0 aliphatic carbocycles. The van der Waals surface area contributed by atoms with Gasteiger partial charge in [-0.05, 0) is 43.4 Å². The van der Waals surface area contributed by atoms with Crippen molar-refractivity contribution in [1.82, 2.24) is 5.32 Å². The molecular weight excluding hydrogens is 292 g/mol. The van der Waals surface area contributed by atoms with Gasteiger partial charge in [0.25, 0.3) is 0 Å². The quantitative estimate of drug-likeness (QED) is 0.830. The number of rotatable bonds is 5. The first-order valence-corrected chi connectivity index (χ1v) is 8.52. The van der Waals surface area contributed by atoms with Crippen LogP contribution < -0.4 is 10.5 Å². The fraction of sp³-hybridized carbons (Fsp3) is 0.500. The summed E-state index contributed by atoms with van der Waals surface area (Å²) in [6.07, 6.45) is 3.11. The summed E-state index contributed by atoms with van der Waals surface area (Å²) >= 11 is 0. The number of benzene rings is 1. The highest BCUT2D eigenvalue weighted by Crippen LogP contribution is 2.13. The first kappa shape index (κ1) is 15.9. The summed E-state index contributed by atoms with van der Waals surface area (Å²) in [5.41, 5.74) is 0.937. The van der Waals surface area contributed by atoms with Gasteiger partial charge in [0.2, 0.25) is 15.9 Å². The predicted molar refractivity (Wildman–Crippen MR) is 78.1 cm³/mol. The van der Waals surface area contributed by atoms with Crippen LogP contribution in [0.5, 0.6) is 0 Å². The van der Waals surface area contributed by atoms with Crippen LogP contribution in [0.15, 0.2) is 29.2 Å². The average molecular weight is 312 g/mol. The maximum atomic E-state index is 11.8. The van der Waals surface area contributed by atoms with Crippen LogP contribution in [-0.4, -0.2) is 33.6 Å². The van der Waals surface area contributed by atoms with Crippen LogP contribution in [0.25, 0.3) is 0 Å². The molecule has 7 heteroatoms. The molecule has 1 aromatic carbocycles. The number of hydrogen-bond donors (Lipinski definition) is 2. The fourth-order valence-electron chi connectivity index (χ4n) is 2.24. The summed E-state index contributed by atoms with van der Waals surface area (Å²) in [6, 6.07) is 6.33. The van der Waals surface area contributed by atoms with E-state index in [-0.39, 0.29) is 16.9 Å². The van der Waals surface area contributed by atoms with E-state index in [0.717, 1.165) is 24.8 Å². The maximum Gasteiger partial charge on any atom is 0.249 e. The lowest BCUT2D eigenvalue weighted by molar-refractivity contribution is -0.135. The van der Waals surface area contributed by atoms with Crippen molar-refractivity contribution in [2.24, 2.45) is 5.14 Å². The third-order valence-electron chi connectivity index (χ3n) is 3.44. The van der Waals surface area contributed by atoms with E-state index < -0.39 is 10.0 Å². The van der Waals surface area contributed by atoms with E-state index >= 15 is 0 Å². The summed E-state index contributed by atoms with van der Waals surface area (Å²) < 4.78 is 27.7. The fourth-order valence-corrected chi connectivity index (χ4v) is 2.75. The molecule has 6 nitrogen and oxygen atoms in total. The van der Waals surface area contributed by atoms with E-state index in [4.69, 9.17) is 9.88 Å². The van der Waals surface area contributed by atoms with Crippen molar-refractivity contribution < 1.29 is 17.9 Å². The first-order chi connectivity index (χ1) is 9.97. The molecule has 21 heavy (non-hydrogen) atoms. The Hall–Kier alpha value is -1.44. The molecular formula is C14H20N2O4S. The van der Waals surface area contributed by atoms with Crippen LogP contribution in [0, 0.1) is 0 Å². The van der Waals surface area contributed by atoms with Gasteiger partial charge in [-0.1, -0.05) is 12.1 Å². The third kappa shape index (κ3) is 4.80. The Balaban J connectivity index is 1.79. The molecule has 1 aliphatic heterocycles. The summed E-state index contributed by atoms with van der Waals surface area (Å²) in [7, 11) is -3.65. The van der Waals surface area contributed by atoms with Crippen molar-refractivity contribution in [3.8, 4) is 0 Å². The van der Waals surface area contributed by atoms with Crippen LogP contribution in [0.3, 0.4) is 0 Å². The molecule has 1 aliphatic rings. The van der Waals surface area contributed by atoms with E-state index in [1.807, 2.05) is 0 Å². The Morgan fingerprint density at radius 1 is 1.29 bits per heavy atom. The van der Waals surface area contributed by atoms with Gasteiger partial charge in [0.05, 0.1) is 4.90 Å². The van der Waals surface area contributed by atoms with Gasteiger partial charge in [-0.15, -0.1) is 0 Å². The van der Waals surface area contributed by atoms with E-state index in [0.29, 0.717) is 19.6 Å². The monoisotopic (exact) mass is 312 g/mol. The molecule has 3 N–H and O–H groups in total. The first-order valence-electron chi connectivity index (χ1n) is 6.98. The second-order valence-electron chi connectivity index (χ2n) is 5.09. The number of ether oxygens (including phenoxy) is 1. The van der Waals surface area contributed by atoms with E-state index in [2.05, 4.69) is 5.32 Å². The van der Waals surface area contributed by atoms with Gasteiger partial charge in [-0.3, -0.25) is 4.79 Å². The Morgan fingerprint density at radius 2 is 2.00 bits per heavy atom. The Labute approximate surface area is 124 Å². The topological polar surface area (TPSA) is 98.5 Å². The lowest BCUT2D eigenvalue weighted by Gasteiger charge is -2.21. The molecule has 116 valence electrons. The van der Waals surface area contributed by atoms with Crippen molar-refractivity contribution in [2.45, 2.75) is 36.7 Å². The molecule has 1 heterocycles. The van der Waals surface area contributed by atoms with Gasteiger partial charge >= 0.3 is 0 Å². The summed E-state index contributed by atoms with van der Waals surface area (Å²) in [5, 5.41) is 7.87. The van der Waals surface area contributed by atoms with E-state index in [1.54, 1.807) is 12.1 Å². The number of nitrogens with one attached hydrogen (secondary N) is 1. The summed E-state index contributed by atoms with van der Waals surface area (Å²) in [6.45, 7) is 1.14. The van der Waals surface area contributed by atoms with E-state index in [1.165, 1.54) is 12.1 Å². The summed E-state index contributed by atoms with van der Waals surface area (Å²) in [5.74, 6) is -0.0733. The molecule has 0 bridgehead atoms. The maximum absolute atomic E-state index is 11.8. The minimum atomic E-state index is -3.65. The van der Waals surface area contributed by atoms with Crippen LogP contribution in [0.1, 0.15) is 24.8 Å². The van der Waals surface area contributed by atoms with Crippen LogP contribution in [-0.2, 0) is 26.0 Å². The zero-order chi connectivity index (χ0) is 15.3. The molecule has 1 unspecified atom stereocenters. The zero-order valence-corrected chi connectivity index (χ0v) is 12.6. The smallest absolute Gasteiger partial charge is 0.249 e. The van der Waals surface area contributed by atoms with Crippen molar-refractivity contribution in [1.29, 1.82) is 0 Å². The van der Waals surface area contributed by atoms with Gasteiger partial charge in [-0.2, -0.15) is 0 Å². The van der Waals surface area contributed by atoms with Crippen LogP contribution >= 0.6 is 0 Å². The normalized spacial score (nSPS) is 19.2. The van der Waals surface area contributed by atoms with Crippen molar-refractivity contribution in [3.05, 3.63) is 29.8 Å². The molecule has 0 saturated carbocycles. The van der Waals surface area contributed by atoms with Gasteiger partial charge in [0.15, 0.2) is 0 Å². The third-order valence-corrected chi connectivity index (χ3v) is 4.37. The number of carbonyl (C=O) groups is 1. The van der Waals surface area contributed by atoms with Crippen molar-refractivity contribution in [2.75, 3.05) is 13.2 Å². The number of carbonyl (C=O) groups excluding carboxylic acids is 1. The molecule has 1 atom stereocenters. The Bertz CT molecular complexity index is 577. The molecule has 1 amide bonds. The average Bonchev–Trinajstić information content (AvgIpc) is 2.47. The lowest BCUT2D eigenvalue weighted by atomic mass is 10.1. The minimum absolute atomic E-state index is 0.0733. The van der Waals surface area contributed by atoms with Crippen molar-refractivity contribution >= 4 is 15.9 Å². The van der Waals surface area contributed by atoms with Crippen molar-refractivity contribution in [3.63, 3.8) is 0 Å². The Kier molecular flexibility index (Phi) is 5.33. The second-order valence-corrected chi connectivity index (χ2v) is 6.65. The number of hydrogen-bond acceptors (Lipinski definition) is 4. The van der Waals surface area contributed by atoms with Gasteiger partial charge < -0.3 is 10.1 Å². The Morgan fingerprint density at radius 3 is 2.57 bits per heavy atom. The van der Waals surface area contributed by atoms with Crippen LogP contribution in [0.4, 0.5) is 0 Å². The molecule has 2 rings (SSSR count). The highest BCUT2D eigenvalue weighted by atomic mass is 32.2. The standard InChI is InChI=1S/C14H20N2O4S/c15-21(18,19)12-6-4-11(5-7-12)8-9-16-14(17)13-3-1-2-10-20-13/h4-7,13H,1-3,8-10H2,(H,16,17)(H2,15,18,19). The zero-order valence-electron chi connectivity index (χ0n) is 11.7. The largest absolute Gasteiger partial charge is 0.368 e. The number of sulfonamides is 1. The molecule has 0 spiro atoms. The molecule has 1 aromatic rings. The summed E-state index contributed by atoms with van der Waals surface area (Å²) in [4.78, 5) is 11.9. The molecule has 0 radical (unpaired) electrons. The SMILES string of the molecule is NS(=O)(=O)c1ccc(CCNC(=O)C2CCCCO2)cc1. The van der Waals surface area contributed by atoms with Gasteiger partial charge in [0.1, 0.15) is 6.10 Å². The molecule has 1 saturated heterocycles. The van der Waals surface area contributed by atoms with Crippen LogP contribution in [0.2, 0.25) is 0 Å². The van der Waals surface area contributed by atoms with E-state index in [9.17, 15) is 13.2 Å². The number of primary sulfonamides is 1. The lowest BCUT2D eigenvalue weighted by Crippen LogP contribution is -2.39. The predicted octanol–water partition coefficient (Wildman–Crippen LogP) is 0.562.